The zero-order valence-electron chi connectivity index (χ0n) is 11.6. The summed E-state index contributed by atoms with van der Waals surface area (Å²) >= 11 is 0. The number of nitrogens with zero attached hydrogens (tertiary/aromatic N) is 1. The van der Waals surface area contributed by atoms with E-state index in [2.05, 4.69) is 17.3 Å². The van der Waals surface area contributed by atoms with Gasteiger partial charge in [0.25, 0.3) is 5.91 Å². The molecule has 1 atom stereocenters. The normalized spacial score (nSPS) is 19.2. The maximum atomic E-state index is 12.1. The number of carbonyl (C=O) groups excluding carboxylic acids is 1. The van der Waals surface area contributed by atoms with Gasteiger partial charge in [0.1, 0.15) is 0 Å². The molecule has 1 aliphatic rings. The standard InChI is InChI=1S/C14H20N2O3/c1-16-7-6-11(9-16)15-14(17)10-4-5-12(18-2)13(8-10)19-3/h4-5,8,11H,6-7,9H2,1-3H3,(H,15,17). The number of nitrogens with one attached hydrogen (secondary N) is 1. The first-order valence-corrected chi connectivity index (χ1v) is 6.35. The lowest BCUT2D eigenvalue weighted by Gasteiger charge is -2.14. The third kappa shape index (κ3) is 3.17. The fourth-order valence-corrected chi connectivity index (χ4v) is 2.30. The Morgan fingerprint density at radius 3 is 2.63 bits per heavy atom. The van der Waals surface area contributed by atoms with Gasteiger partial charge < -0.3 is 19.7 Å². The van der Waals surface area contributed by atoms with Gasteiger partial charge in [0.15, 0.2) is 11.5 Å². The van der Waals surface area contributed by atoms with E-state index in [9.17, 15) is 4.79 Å². The van der Waals surface area contributed by atoms with E-state index in [0.29, 0.717) is 17.1 Å². The summed E-state index contributed by atoms with van der Waals surface area (Å²) in [6.07, 6.45) is 0.996. The van der Waals surface area contributed by atoms with Gasteiger partial charge in [-0.05, 0) is 38.2 Å². The first kappa shape index (κ1) is 13.7. The summed E-state index contributed by atoms with van der Waals surface area (Å²) in [6.45, 7) is 1.93. The molecular formula is C14H20N2O3. The molecule has 104 valence electrons. The summed E-state index contributed by atoms with van der Waals surface area (Å²) in [5, 5.41) is 3.04. The lowest BCUT2D eigenvalue weighted by Crippen LogP contribution is -2.36. The molecule has 19 heavy (non-hydrogen) atoms. The van der Waals surface area contributed by atoms with E-state index in [4.69, 9.17) is 9.47 Å². The van der Waals surface area contributed by atoms with Crippen LogP contribution in [0.15, 0.2) is 18.2 Å². The van der Waals surface area contributed by atoms with Crippen LogP contribution in [0.25, 0.3) is 0 Å². The Kier molecular flexibility index (Phi) is 4.27. The molecule has 0 bridgehead atoms. The molecule has 1 amide bonds. The highest BCUT2D eigenvalue weighted by Crippen LogP contribution is 2.27. The zero-order chi connectivity index (χ0) is 13.8. The highest BCUT2D eigenvalue weighted by molar-refractivity contribution is 5.95. The van der Waals surface area contributed by atoms with Gasteiger partial charge in [-0.1, -0.05) is 0 Å². The molecule has 5 heteroatoms. The lowest BCUT2D eigenvalue weighted by molar-refractivity contribution is 0.0938. The minimum Gasteiger partial charge on any atom is -0.493 e. The van der Waals surface area contributed by atoms with Crippen LogP contribution in [0.2, 0.25) is 0 Å². The third-order valence-corrected chi connectivity index (χ3v) is 3.37. The minimum absolute atomic E-state index is 0.0683. The molecule has 0 aliphatic carbocycles. The second-order valence-corrected chi connectivity index (χ2v) is 4.79. The van der Waals surface area contributed by atoms with Crippen LogP contribution in [0, 0.1) is 0 Å². The topological polar surface area (TPSA) is 50.8 Å². The van der Waals surface area contributed by atoms with Crippen molar-refractivity contribution in [2.75, 3.05) is 34.4 Å². The zero-order valence-corrected chi connectivity index (χ0v) is 11.6. The molecule has 1 fully saturated rings. The van der Waals surface area contributed by atoms with Crippen LogP contribution in [0.1, 0.15) is 16.8 Å². The molecule has 0 aromatic heterocycles. The van der Waals surface area contributed by atoms with Crippen LogP contribution in [0.4, 0.5) is 0 Å². The molecule has 1 aromatic carbocycles. The van der Waals surface area contributed by atoms with Gasteiger partial charge >= 0.3 is 0 Å². The number of likely N-dealkylation sites (N-methyl/N-ethyl adjacent to an activating group) is 1. The molecule has 5 nitrogen and oxygen atoms in total. The molecule has 1 aromatic rings. The van der Waals surface area contributed by atoms with E-state index < -0.39 is 0 Å². The molecule has 1 heterocycles. The Labute approximate surface area is 113 Å². The average molecular weight is 264 g/mol. The maximum absolute atomic E-state index is 12.1. The molecule has 0 saturated carbocycles. The van der Waals surface area contributed by atoms with E-state index in [1.807, 2.05) is 0 Å². The Bertz CT molecular complexity index is 462. The van der Waals surface area contributed by atoms with Gasteiger partial charge in [0.05, 0.1) is 14.2 Å². The van der Waals surface area contributed by atoms with Gasteiger partial charge in [-0.25, -0.2) is 0 Å². The molecule has 1 unspecified atom stereocenters. The minimum atomic E-state index is -0.0683. The molecule has 1 saturated heterocycles. The number of rotatable bonds is 4. The highest BCUT2D eigenvalue weighted by atomic mass is 16.5. The van der Waals surface area contributed by atoms with Crippen LogP contribution < -0.4 is 14.8 Å². The molecule has 0 radical (unpaired) electrons. The van der Waals surface area contributed by atoms with Crippen molar-refractivity contribution in [2.24, 2.45) is 0 Å². The predicted molar refractivity (Wildman–Crippen MR) is 72.9 cm³/mol. The van der Waals surface area contributed by atoms with Gasteiger partial charge in [0.2, 0.25) is 0 Å². The summed E-state index contributed by atoms with van der Waals surface area (Å²) < 4.78 is 10.4. The van der Waals surface area contributed by atoms with Crippen LogP contribution in [0.5, 0.6) is 11.5 Å². The number of benzene rings is 1. The number of amides is 1. The maximum Gasteiger partial charge on any atom is 0.251 e. The fourth-order valence-electron chi connectivity index (χ4n) is 2.30. The van der Waals surface area contributed by atoms with Crippen molar-refractivity contribution in [3.05, 3.63) is 23.8 Å². The molecule has 1 N–H and O–H groups in total. The first-order chi connectivity index (χ1) is 9.13. The van der Waals surface area contributed by atoms with E-state index in [1.165, 1.54) is 0 Å². The van der Waals surface area contributed by atoms with E-state index in [0.717, 1.165) is 19.5 Å². The Hall–Kier alpha value is -1.75. The van der Waals surface area contributed by atoms with Crippen LogP contribution in [0.3, 0.4) is 0 Å². The smallest absolute Gasteiger partial charge is 0.251 e. The largest absolute Gasteiger partial charge is 0.493 e. The number of hydrogen-bond donors (Lipinski definition) is 1. The van der Waals surface area contributed by atoms with E-state index in [1.54, 1.807) is 32.4 Å². The van der Waals surface area contributed by atoms with Crippen molar-refractivity contribution in [3.8, 4) is 11.5 Å². The van der Waals surface area contributed by atoms with Gasteiger partial charge in [-0.15, -0.1) is 0 Å². The first-order valence-electron chi connectivity index (χ1n) is 6.35. The van der Waals surface area contributed by atoms with Gasteiger partial charge in [-0.3, -0.25) is 4.79 Å². The van der Waals surface area contributed by atoms with Crippen molar-refractivity contribution < 1.29 is 14.3 Å². The Balaban J connectivity index is 2.06. The summed E-state index contributed by atoms with van der Waals surface area (Å²) in [5.74, 6) is 1.12. The van der Waals surface area contributed by atoms with E-state index >= 15 is 0 Å². The SMILES string of the molecule is COc1ccc(C(=O)NC2CCN(C)C2)cc1OC. The molecule has 1 aliphatic heterocycles. The van der Waals surface area contributed by atoms with Crippen molar-refractivity contribution >= 4 is 5.91 Å². The van der Waals surface area contributed by atoms with Crippen LogP contribution in [-0.4, -0.2) is 51.2 Å². The van der Waals surface area contributed by atoms with Crippen LogP contribution >= 0.6 is 0 Å². The van der Waals surface area contributed by atoms with Crippen molar-refractivity contribution in [2.45, 2.75) is 12.5 Å². The van der Waals surface area contributed by atoms with Crippen molar-refractivity contribution in [1.82, 2.24) is 10.2 Å². The van der Waals surface area contributed by atoms with Crippen molar-refractivity contribution in [1.29, 1.82) is 0 Å². The monoisotopic (exact) mass is 264 g/mol. The highest BCUT2D eigenvalue weighted by Gasteiger charge is 2.22. The second kappa shape index (κ2) is 5.93. The van der Waals surface area contributed by atoms with Crippen LogP contribution in [-0.2, 0) is 0 Å². The van der Waals surface area contributed by atoms with Crippen molar-refractivity contribution in [3.63, 3.8) is 0 Å². The number of likely N-dealkylation sites (tertiary alicyclic amines) is 1. The summed E-state index contributed by atoms with van der Waals surface area (Å²) in [7, 11) is 5.19. The molecular weight excluding hydrogens is 244 g/mol. The van der Waals surface area contributed by atoms with Gasteiger partial charge in [0, 0.05) is 18.2 Å². The number of carbonyl (C=O) groups is 1. The summed E-state index contributed by atoms with van der Waals surface area (Å²) in [5.41, 5.74) is 0.590. The molecule has 0 spiro atoms. The third-order valence-electron chi connectivity index (χ3n) is 3.37. The second-order valence-electron chi connectivity index (χ2n) is 4.79. The quantitative estimate of drug-likeness (QED) is 0.886. The molecule has 2 rings (SSSR count). The Morgan fingerprint density at radius 2 is 2.05 bits per heavy atom. The number of hydrogen-bond acceptors (Lipinski definition) is 4. The number of ether oxygens (including phenoxy) is 2. The summed E-state index contributed by atoms with van der Waals surface area (Å²) in [4.78, 5) is 14.4. The number of methoxy groups -OCH3 is 2. The summed E-state index contributed by atoms with van der Waals surface area (Å²) in [6, 6.07) is 5.42. The fraction of sp³-hybridized carbons (Fsp3) is 0.500. The van der Waals surface area contributed by atoms with Gasteiger partial charge in [-0.2, -0.15) is 0 Å². The predicted octanol–water partition coefficient (Wildman–Crippen LogP) is 1.14. The Morgan fingerprint density at radius 1 is 1.32 bits per heavy atom. The lowest BCUT2D eigenvalue weighted by atomic mass is 10.1. The average Bonchev–Trinajstić information content (AvgIpc) is 2.83. The van der Waals surface area contributed by atoms with E-state index in [-0.39, 0.29) is 11.9 Å².